The lowest BCUT2D eigenvalue weighted by Crippen LogP contribution is -2.04. The number of unbranched alkanes of at least 4 members (excludes halogenated alkanes) is 1. The number of carboxylic acids is 1. The Hall–Kier alpha value is -2.10. The van der Waals surface area contributed by atoms with Gasteiger partial charge in [0.05, 0.1) is 5.69 Å². The largest absolute Gasteiger partial charge is 0.476 e. The van der Waals surface area contributed by atoms with Gasteiger partial charge in [-0.1, -0.05) is 31.0 Å². The van der Waals surface area contributed by atoms with E-state index < -0.39 is 5.97 Å². The van der Waals surface area contributed by atoms with Gasteiger partial charge in [0.15, 0.2) is 5.69 Å². The molecule has 1 aromatic heterocycles. The first-order valence-corrected chi connectivity index (χ1v) is 6.51. The minimum atomic E-state index is -0.983. The van der Waals surface area contributed by atoms with Crippen molar-refractivity contribution < 1.29 is 9.90 Å². The highest BCUT2D eigenvalue weighted by molar-refractivity contribution is 5.85. The van der Waals surface area contributed by atoms with Crippen molar-refractivity contribution in [2.75, 3.05) is 0 Å². The van der Waals surface area contributed by atoms with Crippen molar-refractivity contribution in [2.45, 2.75) is 33.1 Å². The molecule has 0 bridgehead atoms. The minimum Gasteiger partial charge on any atom is -0.476 e. The number of carboxylic acid groups (broad SMARTS) is 1. The SMILES string of the molecule is CCCCc1cc(C(=O)O)nn1-c1ccc(C)cc1. The van der Waals surface area contributed by atoms with Crippen LogP contribution in [0.1, 0.15) is 41.5 Å². The molecule has 1 aromatic carbocycles. The third-order valence-corrected chi connectivity index (χ3v) is 3.07. The molecule has 0 unspecified atom stereocenters. The van der Waals surface area contributed by atoms with Gasteiger partial charge in [0.1, 0.15) is 0 Å². The van der Waals surface area contributed by atoms with Crippen LogP contribution in [0.3, 0.4) is 0 Å². The highest BCUT2D eigenvalue weighted by Gasteiger charge is 2.13. The van der Waals surface area contributed by atoms with E-state index in [0.29, 0.717) is 0 Å². The van der Waals surface area contributed by atoms with Crippen LogP contribution in [-0.4, -0.2) is 20.9 Å². The molecule has 0 radical (unpaired) electrons. The lowest BCUT2D eigenvalue weighted by Gasteiger charge is -2.07. The van der Waals surface area contributed by atoms with Gasteiger partial charge >= 0.3 is 5.97 Å². The molecule has 0 aliphatic carbocycles. The number of hydrogen-bond donors (Lipinski definition) is 1. The van der Waals surface area contributed by atoms with Crippen LogP contribution in [0.25, 0.3) is 5.69 Å². The van der Waals surface area contributed by atoms with E-state index in [-0.39, 0.29) is 5.69 Å². The zero-order chi connectivity index (χ0) is 13.8. The Morgan fingerprint density at radius 3 is 2.58 bits per heavy atom. The molecule has 0 atom stereocenters. The monoisotopic (exact) mass is 258 g/mol. The molecule has 0 saturated heterocycles. The average Bonchev–Trinajstić information content (AvgIpc) is 2.81. The highest BCUT2D eigenvalue weighted by atomic mass is 16.4. The number of carbonyl (C=O) groups is 1. The van der Waals surface area contributed by atoms with Crippen LogP contribution in [0.5, 0.6) is 0 Å². The van der Waals surface area contributed by atoms with E-state index >= 15 is 0 Å². The summed E-state index contributed by atoms with van der Waals surface area (Å²) in [6.07, 6.45) is 2.93. The fraction of sp³-hybridized carbons (Fsp3) is 0.333. The summed E-state index contributed by atoms with van der Waals surface area (Å²) in [6, 6.07) is 9.59. The topological polar surface area (TPSA) is 55.1 Å². The molecule has 0 saturated carbocycles. The van der Waals surface area contributed by atoms with Crippen LogP contribution in [0.4, 0.5) is 0 Å². The second-order valence-corrected chi connectivity index (χ2v) is 4.68. The molecule has 4 nitrogen and oxygen atoms in total. The molecule has 100 valence electrons. The molecule has 0 spiro atoms. The second kappa shape index (κ2) is 5.69. The Balaban J connectivity index is 2.41. The van der Waals surface area contributed by atoms with Crippen molar-refractivity contribution in [1.82, 2.24) is 9.78 Å². The summed E-state index contributed by atoms with van der Waals surface area (Å²) < 4.78 is 1.73. The summed E-state index contributed by atoms with van der Waals surface area (Å²) in [7, 11) is 0. The molecule has 2 rings (SSSR count). The van der Waals surface area contributed by atoms with Crippen molar-refractivity contribution in [3.05, 3.63) is 47.3 Å². The highest BCUT2D eigenvalue weighted by Crippen LogP contribution is 2.16. The number of benzene rings is 1. The lowest BCUT2D eigenvalue weighted by atomic mass is 10.2. The molecule has 19 heavy (non-hydrogen) atoms. The number of aromatic nitrogens is 2. The normalized spacial score (nSPS) is 10.6. The number of hydrogen-bond acceptors (Lipinski definition) is 2. The maximum atomic E-state index is 11.0. The van der Waals surface area contributed by atoms with Crippen molar-refractivity contribution in [2.24, 2.45) is 0 Å². The van der Waals surface area contributed by atoms with E-state index in [9.17, 15) is 4.79 Å². The molecular formula is C15H18N2O2. The fourth-order valence-electron chi connectivity index (χ4n) is 1.97. The Morgan fingerprint density at radius 2 is 2.00 bits per heavy atom. The predicted octanol–water partition coefficient (Wildman–Crippen LogP) is 3.22. The Kier molecular flexibility index (Phi) is 4.00. The van der Waals surface area contributed by atoms with Gasteiger partial charge in [-0.15, -0.1) is 0 Å². The quantitative estimate of drug-likeness (QED) is 0.895. The maximum Gasteiger partial charge on any atom is 0.356 e. The van der Waals surface area contributed by atoms with Gasteiger partial charge in [0, 0.05) is 5.69 Å². The van der Waals surface area contributed by atoms with E-state index in [1.807, 2.05) is 31.2 Å². The molecule has 4 heteroatoms. The zero-order valence-corrected chi connectivity index (χ0v) is 11.3. The third-order valence-electron chi connectivity index (χ3n) is 3.07. The van der Waals surface area contributed by atoms with Crippen LogP contribution in [0.15, 0.2) is 30.3 Å². The Bertz CT molecular complexity index is 570. The van der Waals surface area contributed by atoms with Crippen molar-refractivity contribution in [3.8, 4) is 5.69 Å². The second-order valence-electron chi connectivity index (χ2n) is 4.68. The Morgan fingerprint density at radius 1 is 1.32 bits per heavy atom. The van der Waals surface area contributed by atoms with E-state index in [1.54, 1.807) is 10.7 Å². The Labute approximate surface area is 112 Å². The summed E-state index contributed by atoms with van der Waals surface area (Å²) in [5, 5.41) is 13.2. The molecular weight excluding hydrogens is 240 g/mol. The lowest BCUT2D eigenvalue weighted by molar-refractivity contribution is 0.0690. The van der Waals surface area contributed by atoms with Gasteiger partial charge in [-0.2, -0.15) is 5.10 Å². The van der Waals surface area contributed by atoms with Crippen LogP contribution in [0.2, 0.25) is 0 Å². The summed E-state index contributed by atoms with van der Waals surface area (Å²) >= 11 is 0. The molecule has 1 N–H and O–H groups in total. The van der Waals surface area contributed by atoms with E-state index in [4.69, 9.17) is 5.11 Å². The number of aryl methyl sites for hydroxylation is 2. The molecule has 1 heterocycles. The summed E-state index contributed by atoms with van der Waals surface area (Å²) in [4.78, 5) is 11.0. The number of aromatic carboxylic acids is 1. The van der Waals surface area contributed by atoms with E-state index in [1.165, 1.54) is 5.56 Å². The minimum absolute atomic E-state index is 0.103. The summed E-state index contributed by atoms with van der Waals surface area (Å²) in [5.74, 6) is -0.983. The summed E-state index contributed by atoms with van der Waals surface area (Å²) in [6.45, 7) is 4.14. The molecule has 0 fully saturated rings. The summed E-state index contributed by atoms with van der Waals surface area (Å²) in [5.41, 5.74) is 3.13. The molecule has 0 amide bonds. The van der Waals surface area contributed by atoms with Gasteiger partial charge in [-0.05, 0) is 38.0 Å². The number of rotatable bonds is 5. The van der Waals surface area contributed by atoms with Gasteiger partial charge in [-0.3, -0.25) is 0 Å². The zero-order valence-electron chi connectivity index (χ0n) is 11.3. The first-order valence-electron chi connectivity index (χ1n) is 6.51. The van der Waals surface area contributed by atoms with Gasteiger partial charge in [0.2, 0.25) is 0 Å². The fourth-order valence-corrected chi connectivity index (χ4v) is 1.97. The molecule has 2 aromatic rings. The smallest absolute Gasteiger partial charge is 0.356 e. The van der Waals surface area contributed by atoms with Crippen LogP contribution < -0.4 is 0 Å². The first-order chi connectivity index (χ1) is 9.11. The van der Waals surface area contributed by atoms with Gasteiger partial charge < -0.3 is 5.11 Å². The van der Waals surface area contributed by atoms with Crippen molar-refractivity contribution >= 4 is 5.97 Å². The van der Waals surface area contributed by atoms with Crippen molar-refractivity contribution in [1.29, 1.82) is 0 Å². The third kappa shape index (κ3) is 3.02. The maximum absolute atomic E-state index is 11.0. The molecule has 0 aliphatic rings. The predicted molar refractivity (Wildman–Crippen MR) is 73.9 cm³/mol. The van der Waals surface area contributed by atoms with Crippen LogP contribution >= 0.6 is 0 Å². The molecule has 0 aliphatic heterocycles. The average molecular weight is 258 g/mol. The van der Waals surface area contributed by atoms with Gasteiger partial charge in [0.25, 0.3) is 0 Å². The first kappa shape index (κ1) is 13.3. The standard InChI is InChI=1S/C15H18N2O2/c1-3-4-5-13-10-14(15(18)19)16-17(13)12-8-6-11(2)7-9-12/h6-10H,3-5H2,1-2H3,(H,18,19). The number of nitrogens with zero attached hydrogens (tertiary/aromatic N) is 2. The van der Waals surface area contributed by atoms with E-state index in [0.717, 1.165) is 30.6 Å². The van der Waals surface area contributed by atoms with Crippen molar-refractivity contribution in [3.63, 3.8) is 0 Å². The van der Waals surface area contributed by atoms with Gasteiger partial charge in [-0.25, -0.2) is 9.48 Å². The van der Waals surface area contributed by atoms with E-state index in [2.05, 4.69) is 12.0 Å². The van der Waals surface area contributed by atoms with Crippen LogP contribution in [-0.2, 0) is 6.42 Å². The van der Waals surface area contributed by atoms with Crippen LogP contribution in [0, 0.1) is 6.92 Å².